The Hall–Kier alpha value is -1.87. The van der Waals surface area contributed by atoms with Crippen LogP contribution < -0.4 is 10.5 Å². The summed E-state index contributed by atoms with van der Waals surface area (Å²) in [5.41, 5.74) is 7.76. The lowest BCUT2D eigenvalue weighted by molar-refractivity contribution is 0.477. The van der Waals surface area contributed by atoms with Crippen LogP contribution in [-0.4, -0.2) is 4.98 Å². The molecule has 1 aromatic heterocycles. The Kier molecular flexibility index (Phi) is 3.86. The van der Waals surface area contributed by atoms with Gasteiger partial charge in [-0.25, -0.2) is 0 Å². The molecule has 0 spiro atoms. The Morgan fingerprint density at radius 1 is 1.11 bits per heavy atom. The van der Waals surface area contributed by atoms with Gasteiger partial charge >= 0.3 is 0 Å². The molecule has 0 aliphatic rings. The summed E-state index contributed by atoms with van der Waals surface area (Å²) in [4.78, 5) is 4.15. The molecule has 0 unspecified atom stereocenters. The predicted octanol–water partition coefficient (Wildman–Crippen LogP) is 3.63. The van der Waals surface area contributed by atoms with Crippen LogP contribution in [-0.2, 0) is 12.0 Å². The highest BCUT2D eigenvalue weighted by Crippen LogP contribution is 2.28. The molecule has 2 aromatic rings. The van der Waals surface area contributed by atoms with Crippen LogP contribution in [0.25, 0.3) is 0 Å². The highest BCUT2D eigenvalue weighted by molar-refractivity contribution is 5.36. The molecule has 3 heteroatoms. The summed E-state index contributed by atoms with van der Waals surface area (Å²) in [6.45, 7) is 6.97. The molecule has 0 fully saturated rings. The summed E-state index contributed by atoms with van der Waals surface area (Å²) in [5, 5.41) is 0. The van der Waals surface area contributed by atoms with Crippen molar-refractivity contribution < 1.29 is 4.74 Å². The van der Waals surface area contributed by atoms with E-state index in [0.29, 0.717) is 6.54 Å². The van der Waals surface area contributed by atoms with E-state index in [1.165, 1.54) is 5.56 Å². The molecule has 2 rings (SSSR count). The minimum Gasteiger partial charge on any atom is -0.457 e. The van der Waals surface area contributed by atoms with E-state index in [2.05, 4.69) is 37.9 Å². The second-order valence-electron chi connectivity index (χ2n) is 5.57. The van der Waals surface area contributed by atoms with E-state index in [1.54, 1.807) is 6.20 Å². The third kappa shape index (κ3) is 3.55. The summed E-state index contributed by atoms with van der Waals surface area (Å²) in [7, 11) is 0. The van der Waals surface area contributed by atoms with Crippen LogP contribution in [0.2, 0.25) is 0 Å². The van der Waals surface area contributed by atoms with Gasteiger partial charge in [-0.3, -0.25) is 4.98 Å². The van der Waals surface area contributed by atoms with Gasteiger partial charge in [0, 0.05) is 18.8 Å². The first-order valence-electron chi connectivity index (χ1n) is 6.42. The van der Waals surface area contributed by atoms with Crippen LogP contribution >= 0.6 is 0 Å². The van der Waals surface area contributed by atoms with Gasteiger partial charge in [0.05, 0.1) is 5.69 Å². The van der Waals surface area contributed by atoms with Gasteiger partial charge in [0.15, 0.2) is 0 Å². The zero-order valence-electron chi connectivity index (χ0n) is 11.7. The molecule has 3 nitrogen and oxygen atoms in total. The van der Waals surface area contributed by atoms with Gasteiger partial charge in [-0.15, -0.1) is 0 Å². The van der Waals surface area contributed by atoms with Crippen LogP contribution in [0.1, 0.15) is 32.0 Å². The minimum atomic E-state index is 0.111. The maximum atomic E-state index is 5.86. The third-order valence-electron chi connectivity index (χ3n) is 2.93. The van der Waals surface area contributed by atoms with E-state index in [9.17, 15) is 0 Å². The lowest BCUT2D eigenvalue weighted by Gasteiger charge is -2.19. The van der Waals surface area contributed by atoms with E-state index in [4.69, 9.17) is 10.5 Å². The quantitative estimate of drug-likeness (QED) is 0.912. The Balaban J connectivity index is 2.23. The van der Waals surface area contributed by atoms with Crippen molar-refractivity contribution in [3.05, 3.63) is 53.9 Å². The lowest BCUT2D eigenvalue weighted by atomic mass is 9.87. The van der Waals surface area contributed by atoms with E-state index >= 15 is 0 Å². The number of benzene rings is 1. The van der Waals surface area contributed by atoms with Crippen molar-refractivity contribution in [2.24, 2.45) is 5.73 Å². The number of hydrogen-bond donors (Lipinski definition) is 1. The van der Waals surface area contributed by atoms with Gasteiger partial charge in [-0.2, -0.15) is 0 Å². The van der Waals surface area contributed by atoms with Crippen molar-refractivity contribution in [3.8, 4) is 11.5 Å². The molecule has 0 saturated heterocycles. The van der Waals surface area contributed by atoms with Crippen molar-refractivity contribution >= 4 is 0 Å². The Bertz CT molecular complexity index is 559. The second kappa shape index (κ2) is 5.41. The number of ether oxygens (including phenoxy) is 1. The summed E-state index contributed by atoms with van der Waals surface area (Å²) >= 11 is 0. The number of nitrogens with zero attached hydrogens (tertiary/aromatic N) is 1. The molecular weight excluding hydrogens is 236 g/mol. The first kappa shape index (κ1) is 13.6. The van der Waals surface area contributed by atoms with E-state index in [1.807, 2.05) is 24.3 Å². The van der Waals surface area contributed by atoms with Crippen LogP contribution in [0, 0.1) is 0 Å². The molecular formula is C16H20N2O. The number of hydrogen-bond acceptors (Lipinski definition) is 3. The zero-order chi connectivity index (χ0) is 13.9. The molecule has 0 atom stereocenters. The summed E-state index contributed by atoms with van der Waals surface area (Å²) in [6.07, 6.45) is 1.71. The highest BCUT2D eigenvalue weighted by atomic mass is 16.5. The first-order chi connectivity index (χ1) is 8.99. The fraction of sp³-hybridized carbons (Fsp3) is 0.312. The molecule has 0 aliphatic heterocycles. The topological polar surface area (TPSA) is 48.1 Å². The van der Waals surface area contributed by atoms with Gasteiger partial charge in [-0.1, -0.05) is 32.9 Å². The van der Waals surface area contributed by atoms with Crippen molar-refractivity contribution in [3.63, 3.8) is 0 Å². The Morgan fingerprint density at radius 3 is 2.53 bits per heavy atom. The second-order valence-corrected chi connectivity index (χ2v) is 5.57. The predicted molar refractivity (Wildman–Crippen MR) is 77.3 cm³/mol. The van der Waals surface area contributed by atoms with Crippen LogP contribution in [0.15, 0.2) is 42.6 Å². The van der Waals surface area contributed by atoms with Crippen molar-refractivity contribution in [2.75, 3.05) is 0 Å². The monoisotopic (exact) mass is 256 g/mol. The fourth-order valence-corrected chi connectivity index (χ4v) is 1.79. The molecule has 100 valence electrons. The van der Waals surface area contributed by atoms with Gasteiger partial charge in [0.1, 0.15) is 11.5 Å². The average Bonchev–Trinajstić information content (AvgIpc) is 2.38. The summed E-state index contributed by atoms with van der Waals surface area (Å²) < 4.78 is 5.86. The van der Waals surface area contributed by atoms with Crippen molar-refractivity contribution in [1.82, 2.24) is 4.98 Å². The maximum absolute atomic E-state index is 5.86. The normalized spacial score (nSPS) is 11.4. The van der Waals surface area contributed by atoms with Gasteiger partial charge in [-0.05, 0) is 29.2 Å². The largest absolute Gasteiger partial charge is 0.457 e. The van der Waals surface area contributed by atoms with Gasteiger partial charge in [0.2, 0.25) is 0 Å². The zero-order valence-corrected chi connectivity index (χ0v) is 11.7. The lowest BCUT2D eigenvalue weighted by Crippen LogP contribution is -2.10. The van der Waals surface area contributed by atoms with E-state index in [-0.39, 0.29) is 5.41 Å². The fourth-order valence-electron chi connectivity index (χ4n) is 1.79. The molecule has 0 saturated carbocycles. The standard InChI is InChI=1S/C16H20N2O/c1-16(2,3)12-5-4-6-14(9-12)19-15-7-8-18-13(10-15)11-17/h4-10H,11,17H2,1-3H3. The minimum absolute atomic E-state index is 0.111. The molecule has 0 radical (unpaired) electrons. The molecule has 0 amide bonds. The molecule has 1 aromatic carbocycles. The van der Waals surface area contributed by atoms with Crippen molar-refractivity contribution in [2.45, 2.75) is 32.7 Å². The van der Waals surface area contributed by atoms with Crippen LogP contribution in [0.3, 0.4) is 0 Å². The smallest absolute Gasteiger partial charge is 0.130 e. The van der Waals surface area contributed by atoms with E-state index in [0.717, 1.165) is 17.2 Å². The molecule has 0 aliphatic carbocycles. The number of aromatic nitrogens is 1. The molecule has 19 heavy (non-hydrogen) atoms. The van der Waals surface area contributed by atoms with Crippen LogP contribution in [0.4, 0.5) is 0 Å². The maximum Gasteiger partial charge on any atom is 0.130 e. The SMILES string of the molecule is CC(C)(C)c1cccc(Oc2ccnc(CN)c2)c1. The first-order valence-corrected chi connectivity index (χ1v) is 6.42. The number of rotatable bonds is 3. The Labute approximate surface area is 114 Å². The van der Waals surface area contributed by atoms with Crippen molar-refractivity contribution in [1.29, 1.82) is 0 Å². The third-order valence-corrected chi connectivity index (χ3v) is 2.93. The van der Waals surface area contributed by atoms with Gasteiger partial charge in [0.25, 0.3) is 0 Å². The molecule has 1 heterocycles. The highest BCUT2D eigenvalue weighted by Gasteiger charge is 2.14. The van der Waals surface area contributed by atoms with Gasteiger partial charge < -0.3 is 10.5 Å². The summed E-state index contributed by atoms with van der Waals surface area (Å²) in [5.74, 6) is 1.60. The molecule has 2 N–H and O–H groups in total. The number of nitrogens with two attached hydrogens (primary N) is 1. The number of pyridine rings is 1. The molecule has 0 bridgehead atoms. The average molecular weight is 256 g/mol. The van der Waals surface area contributed by atoms with E-state index < -0.39 is 0 Å². The van der Waals surface area contributed by atoms with Crippen LogP contribution in [0.5, 0.6) is 11.5 Å². The Morgan fingerprint density at radius 2 is 1.84 bits per heavy atom. The summed E-state index contributed by atoms with van der Waals surface area (Å²) in [6, 6.07) is 11.9.